The lowest BCUT2D eigenvalue weighted by Crippen LogP contribution is -2.24. The van der Waals surface area contributed by atoms with E-state index in [0.717, 1.165) is 6.42 Å². The van der Waals surface area contributed by atoms with Crippen molar-refractivity contribution in [3.63, 3.8) is 0 Å². The van der Waals surface area contributed by atoms with Gasteiger partial charge in [-0.05, 0) is 38.7 Å². The molecular formula is C10H17N3. The first kappa shape index (κ1) is 8.75. The van der Waals surface area contributed by atoms with Crippen LogP contribution in [0.15, 0.2) is 12.4 Å². The Balaban J connectivity index is 2.05. The molecule has 0 saturated heterocycles. The molecule has 0 aromatic carbocycles. The first-order valence-electron chi connectivity index (χ1n) is 4.91. The van der Waals surface area contributed by atoms with Gasteiger partial charge < -0.3 is 5.73 Å². The summed E-state index contributed by atoms with van der Waals surface area (Å²) in [5, 5.41) is 4.29. The highest BCUT2D eigenvalue weighted by atomic mass is 15.3. The quantitative estimate of drug-likeness (QED) is 0.764. The summed E-state index contributed by atoms with van der Waals surface area (Å²) in [5.74, 6) is 0. The van der Waals surface area contributed by atoms with E-state index in [4.69, 9.17) is 5.73 Å². The van der Waals surface area contributed by atoms with Crippen LogP contribution in [0.1, 0.15) is 38.3 Å². The topological polar surface area (TPSA) is 43.8 Å². The van der Waals surface area contributed by atoms with E-state index in [1.54, 1.807) is 0 Å². The second-order valence-corrected chi connectivity index (χ2v) is 4.46. The molecule has 3 nitrogen and oxygen atoms in total. The molecule has 1 aromatic rings. The van der Waals surface area contributed by atoms with Crippen LogP contribution in [-0.2, 0) is 6.42 Å². The average Bonchev–Trinajstić information content (AvgIpc) is 2.62. The van der Waals surface area contributed by atoms with Crippen LogP contribution >= 0.6 is 0 Å². The third-order valence-electron chi connectivity index (χ3n) is 2.63. The molecule has 1 heterocycles. The molecule has 0 amide bonds. The van der Waals surface area contributed by atoms with E-state index in [1.165, 1.54) is 18.4 Å². The number of hydrogen-bond donors (Lipinski definition) is 1. The number of nitrogens with two attached hydrogens (primary N) is 1. The van der Waals surface area contributed by atoms with E-state index < -0.39 is 0 Å². The summed E-state index contributed by atoms with van der Waals surface area (Å²) in [4.78, 5) is 0. The molecule has 3 heteroatoms. The fourth-order valence-electron chi connectivity index (χ4n) is 1.49. The maximum Gasteiger partial charge on any atom is 0.0522 e. The normalized spacial score (nSPS) is 19.4. The van der Waals surface area contributed by atoms with Gasteiger partial charge in [0.15, 0.2) is 0 Å². The Morgan fingerprint density at radius 3 is 2.77 bits per heavy atom. The molecule has 0 aliphatic heterocycles. The third-order valence-corrected chi connectivity index (χ3v) is 2.63. The molecule has 1 aromatic heterocycles. The van der Waals surface area contributed by atoms with Crippen LogP contribution in [0.25, 0.3) is 0 Å². The Labute approximate surface area is 78.9 Å². The number of hydrogen-bond acceptors (Lipinski definition) is 2. The van der Waals surface area contributed by atoms with E-state index in [-0.39, 0.29) is 5.54 Å². The minimum atomic E-state index is 0.102. The Morgan fingerprint density at radius 2 is 2.31 bits per heavy atom. The largest absolute Gasteiger partial charge is 0.325 e. The van der Waals surface area contributed by atoms with E-state index in [9.17, 15) is 0 Å². The minimum Gasteiger partial charge on any atom is -0.325 e. The standard InChI is InChI=1S/C10H17N3/c1-8(2)13-7-9(6-12-13)5-10(11)3-4-10/h6-8H,3-5,11H2,1-2H3. The monoisotopic (exact) mass is 179 g/mol. The van der Waals surface area contributed by atoms with Crippen LogP contribution in [0.5, 0.6) is 0 Å². The average molecular weight is 179 g/mol. The lowest BCUT2D eigenvalue weighted by molar-refractivity contribution is 0.531. The Bertz CT molecular complexity index is 297. The summed E-state index contributed by atoms with van der Waals surface area (Å²) in [7, 11) is 0. The second-order valence-electron chi connectivity index (χ2n) is 4.46. The van der Waals surface area contributed by atoms with Gasteiger partial charge in [-0.1, -0.05) is 0 Å². The predicted octanol–water partition coefficient (Wildman–Crippen LogP) is 1.50. The highest BCUT2D eigenvalue weighted by molar-refractivity contribution is 5.14. The zero-order chi connectivity index (χ0) is 9.47. The van der Waals surface area contributed by atoms with Crippen molar-refractivity contribution in [1.29, 1.82) is 0 Å². The maximum atomic E-state index is 6.03. The van der Waals surface area contributed by atoms with E-state index in [2.05, 4.69) is 25.1 Å². The van der Waals surface area contributed by atoms with Gasteiger partial charge in [0.2, 0.25) is 0 Å². The minimum absolute atomic E-state index is 0.102. The molecule has 1 aliphatic carbocycles. The van der Waals surface area contributed by atoms with Gasteiger partial charge in [-0.2, -0.15) is 5.10 Å². The lowest BCUT2D eigenvalue weighted by atomic mass is 10.1. The van der Waals surface area contributed by atoms with Crippen LogP contribution in [0, 0.1) is 0 Å². The first-order chi connectivity index (χ1) is 6.09. The molecule has 0 unspecified atom stereocenters. The summed E-state index contributed by atoms with van der Waals surface area (Å²) in [6.07, 6.45) is 7.37. The van der Waals surface area contributed by atoms with Crippen molar-refractivity contribution in [2.75, 3.05) is 0 Å². The van der Waals surface area contributed by atoms with Crippen LogP contribution in [-0.4, -0.2) is 15.3 Å². The molecule has 0 radical (unpaired) electrons. The van der Waals surface area contributed by atoms with Gasteiger partial charge in [0, 0.05) is 17.8 Å². The Kier molecular flexibility index (Phi) is 1.91. The van der Waals surface area contributed by atoms with Gasteiger partial charge >= 0.3 is 0 Å². The lowest BCUT2D eigenvalue weighted by Gasteiger charge is -2.05. The van der Waals surface area contributed by atoms with E-state index in [1.807, 2.05) is 10.9 Å². The van der Waals surface area contributed by atoms with Crippen LogP contribution < -0.4 is 5.73 Å². The summed E-state index contributed by atoms with van der Waals surface area (Å²) >= 11 is 0. The molecule has 0 atom stereocenters. The molecular weight excluding hydrogens is 162 g/mol. The summed E-state index contributed by atoms with van der Waals surface area (Å²) in [6.45, 7) is 4.26. The van der Waals surface area contributed by atoms with Crippen molar-refractivity contribution in [3.8, 4) is 0 Å². The van der Waals surface area contributed by atoms with Crippen LogP contribution in [0.3, 0.4) is 0 Å². The molecule has 0 bridgehead atoms. The Morgan fingerprint density at radius 1 is 1.62 bits per heavy atom. The van der Waals surface area contributed by atoms with Gasteiger partial charge in [0.1, 0.15) is 0 Å². The zero-order valence-corrected chi connectivity index (χ0v) is 8.33. The molecule has 2 rings (SSSR count). The number of nitrogens with zero attached hydrogens (tertiary/aromatic N) is 2. The smallest absolute Gasteiger partial charge is 0.0522 e. The van der Waals surface area contributed by atoms with Crippen LogP contribution in [0.4, 0.5) is 0 Å². The number of aromatic nitrogens is 2. The fraction of sp³-hybridized carbons (Fsp3) is 0.700. The maximum absolute atomic E-state index is 6.03. The second kappa shape index (κ2) is 2.84. The van der Waals surface area contributed by atoms with Crippen molar-refractivity contribution < 1.29 is 0 Å². The molecule has 1 saturated carbocycles. The first-order valence-corrected chi connectivity index (χ1v) is 4.91. The van der Waals surface area contributed by atoms with E-state index >= 15 is 0 Å². The molecule has 13 heavy (non-hydrogen) atoms. The highest BCUT2D eigenvalue weighted by Gasteiger charge is 2.38. The molecule has 1 fully saturated rings. The summed E-state index contributed by atoms with van der Waals surface area (Å²) in [5.41, 5.74) is 7.40. The summed E-state index contributed by atoms with van der Waals surface area (Å²) < 4.78 is 1.99. The number of rotatable bonds is 3. The van der Waals surface area contributed by atoms with Crippen LogP contribution in [0.2, 0.25) is 0 Å². The highest BCUT2D eigenvalue weighted by Crippen LogP contribution is 2.35. The molecule has 2 N–H and O–H groups in total. The Hall–Kier alpha value is -0.830. The van der Waals surface area contributed by atoms with Crippen molar-refractivity contribution in [3.05, 3.63) is 18.0 Å². The van der Waals surface area contributed by atoms with E-state index in [0.29, 0.717) is 6.04 Å². The van der Waals surface area contributed by atoms with Gasteiger partial charge in [0.25, 0.3) is 0 Å². The zero-order valence-electron chi connectivity index (χ0n) is 8.33. The molecule has 1 aliphatic rings. The van der Waals surface area contributed by atoms with Gasteiger partial charge in [-0.3, -0.25) is 4.68 Å². The predicted molar refractivity (Wildman–Crippen MR) is 52.5 cm³/mol. The van der Waals surface area contributed by atoms with Crippen molar-refractivity contribution >= 4 is 0 Å². The van der Waals surface area contributed by atoms with Crippen molar-refractivity contribution in [1.82, 2.24) is 9.78 Å². The molecule has 0 spiro atoms. The summed E-state index contributed by atoms with van der Waals surface area (Å²) in [6, 6.07) is 0.446. The van der Waals surface area contributed by atoms with Gasteiger partial charge in [0.05, 0.1) is 6.20 Å². The van der Waals surface area contributed by atoms with Gasteiger partial charge in [-0.25, -0.2) is 0 Å². The SMILES string of the molecule is CC(C)n1cc(CC2(N)CC2)cn1. The molecule has 72 valence electrons. The van der Waals surface area contributed by atoms with Gasteiger partial charge in [-0.15, -0.1) is 0 Å². The van der Waals surface area contributed by atoms with Crippen molar-refractivity contribution in [2.24, 2.45) is 5.73 Å². The fourth-order valence-corrected chi connectivity index (χ4v) is 1.49. The van der Waals surface area contributed by atoms with Crippen molar-refractivity contribution in [2.45, 2.75) is 44.7 Å². The third kappa shape index (κ3) is 1.91.